The zero-order valence-electron chi connectivity index (χ0n) is 9.58. The van der Waals surface area contributed by atoms with Crippen molar-refractivity contribution in [3.8, 4) is 0 Å². The summed E-state index contributed by atoms with van der Waals surface area (Å²) in [7, 11) is 0. The molecule has 0 amide bonds. The molecule has 1 saturated carbocycles. The number of hydrogen-bond donors (Lipinski definition) is 2. The number of halogens is 2. The smallest absolute Gasteiger partial charge is 0.224 e. The van der Waals surface area contributed by atoms with Crippen LogP contribution in [0.3, 0.4) is 0 Å². The Hall–Kier alpha value is -0.940. The van der Waals surface area contributed by atoms with E-state index >= 15 is 0 Å². The van der Waals surface area contributed by atoms with Crippen LogP contribution < -0.4 is 5.32 Å². The Morgan fingerprint density at radius 2 is 2.41 bits per heavy atom. The zero-order valence-corrected chi connectivity index (χ0v) is 10.3. The topological polar surface area (TPSA) is 58.0 Å². The van der Waals surface area contributed by atoms with E-state index in [2.05, 4.69) is 15.3 Å². The molecule has 17 heavy (non-hydrogen) atoms. The Morgan fingerprint density at radius 3 is 3.12 bits per heavy atom. The summed E-state index contributed by atoms with van der Waals surface area (Å²) in [6, 6.07) is 0.0132. The largest absolute Gasteiger partial charge is 0.390 e. The molecule has 0 aromatic carbocycles. The maximum absolute atomic E-state index is 13.4. The molecule has 4 nitrogen and oxygen atoms in total. The van der Waals surface area contributed by atoms with Crippen LogP contribution in [0.1, 0.15) is 32.6 Å². The molecule has 1 heterocycles. The van der Waals surface area contributed by atoms with Gasteiger partial charge in [-0.3, -0.25) is 0 Å². The molecular weight excluding hydrogens is 245 g/mol. The Labute approximate surface area is 104 Å². The lowest BCUT2D eigenvalue weighted by Crippen LogP contribution is -2.38. The van der Waals surface area contributed by atoms with E-state index in [0.717, 1.165) is 25.5 Å². The van der Waals surface area contributed by atoms with Gasteiger partial charge in [-0.15, -0.1) is 0 Å². The molecule has 2 atom stereocenters. The molecule has 1 aromatic heterocycles. The Bertz CT molecular complexity index is 414. The molecule has 0 unspecified atom stereocenters. The Kier molecular flexibility index (Phi) is 3.49. The summed E-state index contributed by atoms with van der Waals surface area (Å²) in [5.74, 6) is -0.424. The number of anilines is 1. The number of nitrogens with zero attached hydrogens (tertiary/aromatic N) is 2. The summed E-state index contributed by atoms with van der Waals surface area (Å²) in [6.45, 7) is 1.80. The van der Waals surface area contributed by atoms with E-state index < -0.39 is 11.4 Å². The van der Waals surface area contributed by atoms with Crippen molar-refractivity contribution in [3.63, 3.8) is 0 Å². The number of aliphatic hydroxyl groups is 1. The van der Waals surface area contributed by atoms with Gasteiger partial charge in [-0.2, -0.15) is 4.98 Å². The van der Waals surface area contributed by atoms with Gasteiger partial charge < -0.3 is 10.4 Å². The molecule has 0 aliphatic heterocycles. The quantitative estimate of drug-likeness (QED) is 0.801. The maximum atomic E-state index is 13.4. The molecule has 1 fully saturated rings. The first-order valence-electron chi connectivity index (χ1n) is 5.63. The van der Waals surface area contributed by atoms with Crippen LogP contribution in [0.5, 0.6) is 0 Å². The van der Waals surface area contributed by atoms with Crippen LogP contribution in [0.25, 0.3) is 0 Å². The standard InChI is InChI=1S/C11H15ClFN3O/c1-11(17)4-2-3-7(5-11)15-9-8(13)6-14-10(12)16-9/h6-7,17H,2-5H2,1H3,(H,14,15,16)/t7-,11-/m0/s1. The Morgan fingerprint density at radius 1 is 1.65 bits per heavy atom. The third-order valence-corrected chi connectivity index (χ3v) is 3.19. The average Bonchev–Trinajstić information content (AvgIpc) is 2.22. The van der Waals surface area contributed by atoms with Crippen molar-refractivity contribution in [2.45, 2.75) is 44.2 Å². The fraction of sp³-hybridized carbons (Fsp3) is 0.636. The van der Waals surface area contributed by atoms with Crippen LogP contribution in [0.2, 0.25) is 5.28 Å². The van der Waals surface area contributed by atoms with Crippen molar-refractivity contribution >= 4 is 17.4 Å². The van der Waals surface area contributed by atoms with Gasteiger partial charge in [0, 0.05) is 6.04 Å². The van der Waals surface area contributed by atoms with Crippen molar-refractivity contribution in [1.29, 1.82) is 0 Å². The van der Waals surface area contributed by atoms with E-state index in [1.54, 1.807) is 6.92 Å². The lowest BCUT2D eigenvalue weighted by molar-refractivity contribution is 0.0182. The summed E-state index contributed by atoms with van der Waals surface area (Å²) in [4.78, 5) is 7.35. The SMILES string of the molecule is C[C@]1(O)CCC[C@H](Nc2nc(Cl)ncc2F)C1. The van der Waals surface area contributed by atoms with Gasteiger partial charge in [0.05, 0.1) is 11.8 Å². The van der Waals surface area contributed by atoms with E-state index in [9.17, 15) is 9.50 Å². The molecule has 2 N–H and O–H groups in total. The lowest BCUT2D eigenvalue weighted by Gasteiger charge is -2.34. The number of nitrogens with one attached hydrogen (secondary N) is 1. The molecule has 1 aliphatic carbocycles. The van der Waals surface area contributed by atoms with Crippen molar-refractivity contribution in [2.24, 2.45) is 0 Å². The Balaban J connectivity index is 2.07. The number of aromatic nitrogens is 2. The molecule has 6 heteroatoms. The summed E-state index contributed by atoms with van der Waals surface area (Å²) in [6.07, 6.45) is 4.19. The zero-order chi connectivity index (χ0) is 12.5. The predicted octanol–water partition coefficient (Wildman–Crippen LogP) is 2.37. The lowest BCUT2D eigenvalue weighted by atomic mass is 9.83. The van der Waals surface area contributed by atoms with Crippen molar-refractivity contribution in [3.05, 3.63) is 17.3 Å². The van der Waals surface area contributed by atoms with Gasteiger partial charge in [0.15, 0.2) is 11.6 Å². The van der Waals surface area contributed by atoms with E-state index in [0.29, 0.717) is 6.42 Å². The molecule has 94 valence electrons. The second kappa shape index (κ2) is 4.74. The average molecular weight is 260 g/mol. The van der Waals surface area contributed by atoms with E-state index in [1.807, 2.05) is 0 Å². The van der Waals surface area contributed by atoms with Gasteiger partial charge in [-0.1, -0.05) is 0 Å². The monoisotopic (exact) mass is 259 g/mol. The second-order valence-corrected chi connectivity index (χ2v) is 5.11. The van der Waals surface area contributed by atoms with E-state index in [1.165, 1.54) is 0 Å². The number of hydrogen-bond acceptors (Lipinski definition) is 4. The van der Waals surface area contributed by atoms with Crippen LogP contribution in [-0.4, -0.2) is 26.7 Å². The first-order chi connectivity index (χ1) is 7.96. The van der Waals surface area contributed by atoms with E-state index in [-0.39, 0.29) is 17.1 Å². The van der Waals surface area contributed by atoms with Crippen LogP contribution >= 0.6 is 11.6 Å². The molecule has 2 rings (SSSR count). The highest BCUT2D eigenvalue weighted by Crippen LogP contribution is 2.29. The fourth-order valence-electron chi connectivity index (χ4n) is 2.23. The molecule has 0 spiro atoms. The summed E-state index contributed by atoms with van der Waals surface area (Å²) in [5, 5.41) is 12.9. The summed E-state index contributed by atoms with van der Waals surface area (Å²) >= 11 is 5.61. The number of rotatable bonds is 2. The van der Waals surface area contributed by atoms with Gasteiger partial charge in [0.1, 0.15) is 0 Å². The molecule has 0 radical (unpaired) electrons. The van der Waals surface area contributed by atoms with Gasteiger partial charge in [0.25, 0.3) is 0 Å². The third-order valence-electron chi connectivity index (χ3n) is 3.01. The van der Waals surface area contributed by atoms with Gasteiger partial charge >= 0.3 is 0 Å². The molecule has 1 aliphatic rings. The van der Waals surface area contributed by atoms with Crippen LogP contribution in [0, 0.1) is 5.82 Å². The summed E-state index contributed by atoms with van der Waals surface area (Å²) < 4.78 is 13.4. The van der Waals surface area contributed by atoms with Crippen LogP contribution in [0.4, 0.5) is 10.2 Å². The highest BCUT2D eigenvalue weighted by Gasteiger charge is 2.30. The normalized spacial score (nSPS) is 29.1. The molecule has 0 bridgehead atoms. The summed E-state index contributed by atoms with van der Waals surface area (Å²) in [5.41, 5.74) is -0.691. The maximum Gasteiger partial charge on any atom is 0.224 e. The van der Waals surface area contributed by atoms with Crippen molar-refractivity contribution < 1.29 is 9.50 Å². The minimum absolute atomic E-state index is 0.0106. The first-order valence-corrected chi connectivity index (χ1v) is 6.01. The van der Waals surface area contributed by atoms with Gasteiger partial charge in [-0.25, -0.2) is 9.37 Å². The minimum atomic E-state index is -0.691. The predicted molar refractivity (Wildman–Crippen MR) is 63.5 cm³/mol. The molecule has 0 saturated heterocycles. The fourth-order valence-corrected chi connectivity index (χ4v) is 2.36. The van der Waals surface area contributed by atoms with Crippen molar-refractivity contribution in [2.75, 3.05) is 5.32 Å². The van der Waals surface area contributed by atoms with E-state index in [4.69, 9.17) is 11.6 Å². The third kappa shape index (κ3) is 3.26. The van der Waals surface area contributed by atoms with Crippen LogP contribution in [-0.2, 0) is 0 Å². The van der Waals surface area contributed by atoms with Crippen LogP contribution in [0.15, 0.2) is 6.20 Å². The highest BCUT2D eigenvalue weighted by atomic mass is 35.5. The molecular formula is C11H15ClFN3O. The van der Waals surface area contributed by atoms with Gasteiger partial charge in [-0.05, 0) is 44.2 Å². The van der Waals surface area contributed by atoms with Gasteiger partial charge in [0.2, 0.25) is 5.28 Å². The minimum Gasteiger partial charge on any atom is -0.390 e. The first kappa shape index (κ1) is 12.5. The molecule has 1 aromatic rings. The van der Waals surface area contributed by atoms with Crippen molar-refractivity contribution in [1.82, 2.24) is 9.97 Å². The second-order valence-electron chi connectivity index (χ2n) is 4.77. The highest BCUT2D eigenvalue weighted by molar-refractivity contribution is 6.28.